The van der Waals surface area contributed by atoms with E-state index in [0.29, 0.717) is 18.2 Å². The normalized spacial score (nSPS) is 28.1. The lowest BCUT2D eigenvalue weighted by atomic mass is 9.84. The van der Waals surface area contributed by atoms with Crippen molar-refractivity contribution in [3.8, 4) is 0 Å². The molecular formula is C16H22N2O2. The number of benzene rings is 1. The van der Waals surface area contributed by atoms with Crippen LogP contribution in [0, 0.1) is 5.92 Å². The largest absolute Gasteiger partial charge is 0.462 e. The minimum atomic E-state index is -0.248. The summed E-state index contributed by atoms with van der Waals surface area (Å²) < 4.78 is 4.99. The maximum Gasteiger partial charge on any atom is 0.338 e. The van der Waals surface area contributed by atoms with Crippen molar-refractivity contribution in [3.05, 3.63) is 29.8 Å². The third-order valence-electron chi connectivity index (χ3n) is 4.40. The smallest absolute Gasteiger partial charge is 0.338 e. The van der Waals surface area contributed by atoms with Crippen molar-refractivity contribution in [1.29, 1.82) is 0 Å². The van der Waals surface area contributed by atoms with Crippen molar-refractivity contribution >= 4 is 11.7 Å². The molecule has 1 unspecified atom stereocenters. The summed E-state index contributed by atoms with van der Waals surface area (Å²) in [4.78, 5) is 14.1. The average molecular weight is 274 g/mol. The van der Waals surface area contributed by atoms with Gasteiger partial charge in [0, 0.05) is 18.3 Å². The summed E-state index contributed by atoms with van der Waals surface area (Å²) in [6.07, 6.45) is 2.61. The van der Waals surface area contributed by atoms with Crippen molar-refractivity contribution in [2.24, 2.45) is 5.92 Å². The Labute approximate surface area is 120 Å². The van der Waals surface area contributed by atoms with Crippen LogP contribution in [0.3, 0.4) is 0 Å². The molecular weight excluding hydrogens is 252 g/mol. The number of esters is 1. The van der Waals surface area contributed by atoms with E-state index in [2.05, 4.69) is 10.2 Å². The Hall–Kier alpha value is -1.55. The van der Waals surface area contributed by atoms with Gasteiger partial charge in [0.05, 0.1) is 12.2 Å². The van der Waals surface area contributed by atoms with Gasteiger partial charge in [0.15, 0.2) is 0 Å². The first-order chi connectivity index (χ1) is 9.76. The number of hydrogen-bond acceptors (Lipinski definition) is 4. The Morgan fingerprint density at radius 1 is 1.30 bits per heavy atom. The molecule has 4 heteroatoms. The molecule has 1 N–H and O–H groups in total. The zero-order valence-corrected chi connectivity index (χ0v) is 12.0. The first-order valence-electron chi connectivity index (χ1n) is 7.52. The van der Waals surface area contributed by atoms with Gasteiger partial charge in [-0.05, 0) is 63.0 Å². The Morgan fingerprint density at radius 2 is 2.00 bits per heavy atom. The highest BCUT2D eigenvalue weighted by Crippen LogP contribution is 2.29. The van der Waals surface area contributed by atoms with Gasteiger partial charge >= 0.3 is 5.97 Å². The Bertz CT molecular complexity index is 464. The summed E-state index contributed by atoms with van der Waals surface area (Å²) >= 11 is 0. The molecule has 0 radical (unpaired) electrons. The van der Waals surface area contributed by atoms with E-state index in [-0.39, 0.29) is 5.97 Å². The second-order valence-corrected chi connectivity index (χ2v) is 5.69. The SMILES string of the molecule is CCOC(=O)c1ccc(NC2CN3CCC2CC3)cc1. The number of fused-ring (bicyclic) bond motifs is 3. The molecule has 1 atom stereocenters. The van der Waals surface area contributed by atoms with Gasteiger partial charge < -0.3 is 15.0 Å². The Morgan fingerprint density at radius 3 is 2.55 bits per heavy atom. The lowest BCUT2D eigenvalue weighted by Gasteiger charge is -2.45. The summed E-state index contributed by atoms with van der Waals surface area (Å²) in [5, 5.41) is 3.62. The van der Waals surface area contributed by atoms with Crippen molar-refractivity contribution in [2.75, 3.05) is 31.6 Å². The van der Waals surface area contributed by atoms with Crippen molar-refractivity contribution in [2.45, 2.75) is 25.8 Å². The first-order valence-corrected chi connectivity index (χ1v) is 7.52. The van der Waals surface area contributed by atoms with Gasteiger partial charge in [0.2, 0.25) is 0 Å². The van der Waals surface area contributed by atoms with Gasteiger partial charge in [-0.15, -0.1) is 0 Å². The molecule has 3 aliphatic heterocycles. The zero-order chi connectivity index (χ0) is 13.9. The lowest BCUT2D eigenvalue weighted by Crippen LogP contribution is -2.53. The number of nitrogens with one attached hydrogen (secondary N) is 1. The molecule has 0 amide bonds. The second-order valence-electron chi connectivity index (χ2n) is 5.69. The standard InChI is InChI=1S/C16H22N2O2/c1-2-20-16(19)13-3-5-14(6-4-13)17-15-11-18-9-7-12(15)8-10-18/h3-6,12,15,17H,2,7-11H2,1H3. The van der Waals surface area contributed by atoms with Crippen LogP contribution in [0.1, 0.15) is 30.1 Å². The molecule has 3 saturated heterocycles. The van der Waals surface area contributed by atoms with E-state index in [9.17, 15) is 4.79 Å². The van der Waals surface area contributed by atoms with Gasteiger partial charge in [0.1, 0.15) is 0 Å². The van der Waals surface area contributed by atoms with Crippen LogP contribution in [0.2, 0.25) is 0 Å². The molecule has 0 spiro atoms. The zero-order valence-electron chi connectivity index (χ0n) is 12.0. The first kappa shape index (κ1) is 13.4. The maximum absolute atomic E-state index is 11.6. The topological polar surface area (TPSA) is 41.6 Å². The molecule has 1 aromatic carbocycles. The number of hydrogen-bond donors (Lipinski definition) is 1. The molecule has 2 bridgehead atoms. The molecule has 0 saturated carbocycles. The van der Waals surface area contributed by atoms with Gasteiger partial charge in [-0.25, -0.2) is 4.79 Å². The molecule has 4 rings (SSSR count). The minimum Gasteiger partial charge on any atom is -0.462 e. The summed E-state index contributed by atoms with van der Waals surface area (Å²) in [5.41, 5.74) is 1.71. The fraction of sp³-hybridized carbons (Fsp3) is 0.562. The summed E-state index contributed by atoms with van der Waals surface area (Å²) in [7, 11) is 0. The Balaban J connectivity index is 1.62. The lowest BCUT2D eigenvalue weighted by molar-refractivity contribution is 0.0526. The summed E-state index contributed by atoms with van der Waals surface area (Å²) in [6.45, 7) is 5.89. The van der Waals surface area contributed by atoms with Crippen LogP contribution >= 0.6 is 0 Å². The third-order valence-corrected chi connectivity index (χ3v) is 4.40. The number of anilines is 1. The van der Waals surface area contributed by atoms with Crippen LogP contribution in [-0.4, -0.2) is 43.2 Å². The third kappa shape index (κ3) is 2.80. The monoisotopic (exact) mass is 274 g/mol. The number of rotatable bonds is 4. The van der Waals surface area contributed by atoms with Crippen molar-refractivity contribution in [1.82, 2.24) is 4.90 Å². The van der Waals surface area contributed by atoms with Gasteiger partial charge in [-0.3, -0.25) is 0 Å². The summed E-state index contributed by atoms with van der Waals surface area (Å²) in [5.74, 6) is 0.548. The number of ether oxygens (including phenoxy) is 1. The molecule has 3 heterocycles. The molecule has 0 aromatic heterocycles. The molecule has 3 fully saturated rings. The average Bonchev–Trinajstić information content (AvgIpc) is 2.49. The number of carbonyl (C=O) groups excluding carboxylic acids is 1. The van der Waals surface area contributed by atoms with Crippen LogP contribution in [0.25, 0.3) is 0 Å². The fourth-order valence-corrected chi connectivity index (χ4v) is 3.26. The molecule has 1 aromatic rings. The van der Waals surface area contributed by atoms with Gasteiger partial charge in [0.25, 0.3) is 0 Å². The van der Waals surface area contributed by atoms with Crippen molar-refractivity contribution < 1.29 is 9.53 Å². The minimum absolute atomic E-state index is 0.248. The molecule has 3 aliphatic rings. The van der Waals surface area contributed by atoms with E-state index in [0.717, 1.165) is 18.2 Å². The van der Waals surface area contributed by atoms with Gasteiger partial charge in [-0.1, -0.05) is 0 Å². The second kappa shape index (κ2) is 5.83. The quantitative estimate of drug-likeness (QED) is 0.856. The summed E-state index contributed by atoms with van der Waals surface area (Å²) in [6, 6.07) is 8.17. The Kier molecular flexibility index (Phi) is 3.92. The van der Waals surface area contributed by atoms with E-state index in [1.54, 1.807) is 0 Å². The number of nitrogens with zero attached hydrogens (tertiary/aromatic N) is 1. The molecule has 108 valence electrons. The predicted octanol–water partition coefficient (Wildman–Crippen LogP) is 2.37. The number of carbonyl (C=O) groups is 1. The highest BCUT2D eigenvalue weighted by atomic mass is 16.5. The van der Waals surface area contributed by atoms with E-state index in [1.165, 1.54) is 25.9 Å². The molecule has 0 aliphatic carbocycles. The van der Waals surface area contributed by atoms with E-state index >= 15 is 0 Å². The van der Waals surface area contributed by atoms with E-state index in [4.69, 9.17) is 4.74 Å². The molecule has 20 heavy (non-hydrogen) atoms. The van der Waals surface area contributed by atoms with E-state index < -0.39 is 0 Å². The highest BCUT2D eigenvalue weighted by Gasteiger charge is 2.33. The predicted molar refractivity (Wildman–Crippen MR) is 79.0 cm³/mol. The van der Waals surface area contributed by atoms with Crippen LogP contribution in [0.4, 0.5) is 5.69 Å². The number of piperidine rings is 3. The van der Waals surface area contributed by atoms with Crippen LogP contribution < -0.4 is 5.32 Å². The van der Waals surface area contributed by atoms with Crippen LogP contribution in [0.5, 0.6) is 0 Å². The molecule has 4 nitrogen and oxygen atoms in total. The van der Waals surface area contributed by atoms with E-state index in [1.807, 2.05) is 31.2 Å². The van der Waals surface area contributed by atoms with Crippen LogP contribution in [-0.2, 0) is 4.74 Å². The highest BCUT2D eigenvalue weighted by molar-refractivity contribution is 5.89. The van der Waals surface area contributed by atoms with Crippen LogP contribution in [0.15, 0.2) is 24.3 Å². The van der Waals surface area contributed by atoms with Gasteiger partial charge in [-0.2, -0.15) is 0 Å². The van der Waals surface area contributed by atoms with Crippen molar-refractivity contribution in [3.63, 3.8) is 0 Å². The fourth-order valence-electron chi connectivity index (χ4n) is 3.26. The maximum atomic E-state index is 11.6.